The van der Waals surface area contributed by atoms with Gasteiger partial charge in [-0.3, -0.25) is 0 Å². The predicted molar refractivity (Wildman–Crippen MR) is 107 cm³/mol. The first-order valence-corrected chi connectivity index (χ1v) is 9.42. The molecule has 1 aliphatic rings. The highest BCUT2D eigenvalue weighted by molar-refractivity contribution is 6.31. The van der Waals surface area contributed by atoms with Crippen LogP contribution in [-0.4, -0.2) is 11.1 Å². The summed E-state index contributed by atoms with van der Waals surface area (Å²) in [7, 11) is 0. The summed E-state index contributed by atoms with van der Waals surface area (Å²) in [5.41, 5.74) is 13.4. The maximum Gasteiger partial charge on any atom is 0.0487 e. The Morgan fingerprint density at radius 2 is 1.84 bits per heavy atom. The molecule has 4 heteroatoms. The molecule has 0 saturated heterocycles. The molecule has 25 heavy (non-hydrogen) atoms. The number of benzene rings is 2. The molecular weight excluding hydrogens is 330 g/mol. The van der Waals surface area contributed by atoms with Crippen LogP contribution in [0.2, 0.25) is 5.02 Å². The molecule has 3 aromatic rings. The Hall–Kier alpha value is -1.97. The predicted octanol–water partition coefficient (Wildman–Crippen LogP) is 5.18. The van der Waals surface area contributed by atoms with Gasteiger partial charge in [0.2, 0.25) is 0 Å². The summed E-state index contributed by atoms with van der Waals surface area (Å²) in [6.07, 6.45) is 4.89. The lowest BCUT2D eigenvalue weighted by Crippen LogP contribution is -2.14. The smallest absolute Gasteiger partial charge is 0.0487 e. The van der Waals surface area contributed by atoms with Gasteiger partial charge in [-0.25, -0.2) is 0 Å². The number of anilines is 2. The van der Waals surface area contributed by atoms with Crippen LogP contribution in [0.1, 0.15) is 29.7 Å². The van der Waals surface area contributed by atoms with E-state index in [-0.39, 0.29) is 0 Å². The minimum atomic E-state index is 0.679. The number of nitrogens with zero attached hydrogens (tertiary/aromatic N) is 1. The first kappa shape index (κ1) is 16.5. The molecular formula is C21H24ClN3. The van der Waals surface area contributed by atoms with Crippen LogP contribution in [-0.2, 0) is 19.4 Å². The van der Waals surface area contributed by atoms with E-state index in [1.165, 1.54) is 47.8 Å². The summed E-state index contributed by atoms with van der Waals surface area (Å²) < 4.78 is 2.43. The summed E-state index contributed by atoms with van der Waals surface area (Å²) in [5.74, 6) is 0. The zero-order chi connectivity index (χ0) is 17.4. The van der Waals surface area contributed by atoms with E-state index in [4.69, 9.17) is 17.3 Å². The third-order valence-electron chi connectivity index (χ3n) is 5.19. The molecule has 1 aromatic heterocycles. The van der Waals surface area contributed by atoms with Crippen molar-refractivity contribution in [3.05, 3.63) is 58.2 Å². The molecule has 0 fully saturated rings. The van der Waals surface area contributed by atoms with E-state index in [0.29, 0.717) is 6.54 Å². The molecule has 130 valence electrons. The number of rotatable bonds is 4. The maximum atomic E-state index is 6.25. The molecule has 4 rings (SSSR count). The molecule has 0 atom stereocenters. The van der Waals surface area contributed by atoms with Gasteiger partial charge in [0.15, 0.2) is 0 Å². The Morgan fingerprint density at radius 3 is 2.64 bits per heavy atom. The summed E-state index contributed by atoms with van der Waals surface area (Å²) in [5, 5.41) is 5.65. The lowest BCUT2D eigenvalue weighted by Gasteiger charge is -2.15. The lowest BCUT2D eigenvalue weighted by atomic mass is 9.95. The summed E-state index contributed by atoms with van der Waals surface area (Å²) >= 11 is 6.25. The average molecular weight is 354 g/mol. The lowest BCUT2D eigenvalue weighted by molar-refractivity contribution is 0.617. The van der Waals surface area contributed by atoms with Gasteiger partial charge in [0.25, 0.3) is 0 Å². The Morgan fingerprint density at radius 1 is 1.08 bits per heavy atom. The number of aromatic nitrogens is 1. The van der Waals surface area contributed by atoms with Crippen molar-refractivity contribution in [2.45, 2.75) is 39.2 Å². The molecule has 0 bridgehead atoms. The van der Waals surface area contributed by atoms with Gasteiger partial charge < -0.3 is 15.6 Å². The SMILES string of the molecule is Cc1ccc(Nc2ccc3c(c2)c2c(n3CCN)CCCC2)cc1Cl. The molecule has 2 aromatic carbocycles. The van der Waals surface area contributed by atoms with Crippen molar-refractivity contribution in [3.8, 4) is 0 Å². The number of fused-ring (bicyclic) bond motifs is 3. The number of hydrogen-bond acceptors (Lipinski definition) is 2. The zero-order valence-electron chi connectivity index (χ0n) is 14.6. The first-order valence-electron chi connectivity index (χ1n) is 9.04. The van der Waals surface area contributed by atoms with E-state index in [2.05, 4.69) is 34.1 Å². The van der Waals surface area contributed by atoms with Gasteiger partial charge in [-0.2, -0.15) is 0 Å². The van der Waals surface area contributed by atoms with Crippen LogP contribution >= 0.6 is 11.6 Å². The van der Waals surface area contributed by atoms with Crippen LogP contribution < -0.4 is 11.1 Å². The molecule has 0 unspecified atom stereocenters. The number of halogens is 1. The number of nitrogens with one attached hydrogen (secondary N) is 1. The standard InChI is InChI=1S/C21H24ClN3/c1-14-6-7-16(13-19(14)22)24-15-8-9-21-18(12-15)17-4-2-3-5-20(17)25(21)11-10-23/h6-9,12-13,24H,2-5,10-11,23H2,1H3. The second kappa shape index (κ2) is 6.74. The normalized spacial score (nSPS) is 13.9. The molecule has 0 saturated carbocycles. The molecule has 0 radical (unpaired) electrons. The fourth-order valence-corrected chi connectivity index (χ4v) is 4.12. The minimum absolute atomic E-state index is 0.679. The monoisotopic (exact) mass is 353 g/mol. The van der Waals surface area contributed by atoms with Gasteiger partial charge in [-0.1, -0.05) is 17.7 Å². The molecule has 3 nitrogen and oxygen atoms in total. The number of hydrogen-bond donors (Lipinski definition) is 2. The van der Waals surface area contributed by atoms with Crippen LogP contribution in [0.25, 0.3) is 10.9 Å². The molecule has 0 amide bonds. The zero-order valence-corrected chi connectivity index (χ0v) is 15.4. The van der Waals surface area contributed by atoms with Gasteiger partial charge in [-0.15, -0.1) is 0 Å². The highest BCUT2D eigenvalue weighted by Gasteiger charge is 2.19. The van der Waals surface area contributed by atoms with E-state index >= 15 is 0 Å². The van der Waals surface area contributed by atoms with E-state index in [1.54, 1.807) is 0 Å². The van der Waals surface area contributed by atoms with Crippen molar-refractivity contribution < 1.29 is 0 Å². The quantitative estimate of drug-likeness (QED) is 0.678. The van der Waals surface area contributed by atoms with E-state index in [0.717, 1.165) is 28.5 Å². The van der Waals surface area contributed by atoms with Crippen molar-refractivity contribution in [1.82, 2.24) is 4.57 Å². The Balaban J connectivity index is 1.75. The largest absolute Gasteiger partial charge is 0.355 e. The van der Waals surface area contributed by atoms with Crippen LogP contribution in [0.3, 0.4) is 0 Å². The first-order chi connectivity index (χ1) is 12.2. The Bertz CT molecular complexity index is 927. The Labute approximate surface area is 153 Å². The van der Waals surface area contributed by atoms with Crippen molar-refractivity contribution >= 4 is 33.9 Å². The third-order valence-corrected chi connectivity index (χ3v) is 5.60. The molecule has 1 heterocycles. The second-order valence-corrected chi connectivity index (χ2v) is 7.30. The molecule has 0 aliphatic heterocycles. The van der Waals surface area contributed by atoms with Crippen LogP contribution in [0.15, 0.2) is 36.4 Å². The molecule has 1 aliphatic carbocycles. The average Bonchev–Trinajstić information content (AvgIpc) is 2.93. The second-order valence-electron chi connectivity index (χ2n) is 6.89. The van der Waals surface area contributed by atoms with Crippen LogP contribution in [0, 0.1) is 6.92 Å². The van der Waals surface area contributed by atoms with Gasteiger partial charge in [-0.05, 0) is 74.1 Å². The number of aryl methyl sites for hydroxylation is 2. The van der Waals surface area contributed by atoms with Gasteiger partial charge in [0, 0.05) is 46.1 Å². The van der Waals surface area contributed by atoms with Crippen LogP contribution in [0.5, 0.6) is 0 Å². The fourth-order valence-electron chi connectivity index (χ4n) is 3.94. The Kier molecular flexibility index (Phi) is 4.45. The topological polar surface area (TPSA) is 43.0 Å². The highest BCUT2D eigenvalue weighted by atomic mass is 35.5. The van der Waals surface area contributed by atoms with E-state index in [9.17, 15) is 0 Å². The van der Waals surface area contributed by atoms with E-state index < -0.39 is 0 Å². The van der Waals surface area contributed by atoms with Gasteiger partial charge in [0.1, 0.15) is 0 Å². The van der Waals surface area contributed by atoms with Gasteiger partial charge in [0.05, 0.1) is 0 Å². The van der Waals surface area contributed by atoms with Crippen molar-refractivity contribution in [2.75, 3.05) is 11.9 Å². The van der Waals surface area contributed by atoms with Crippen LogP contribution in [0.4, 0.5) is 11.4 Å². The number of nitrogens with two attached hydrogens (primary N) is 1. The minimum Gasteiger partial charge on any atom is -0.355 e. The highest BCUT2D eigenvalue weighted by Crippen LogP contribution is 2.34. The van der Waals surface area contributed by atoms with Crippen molar-refractivity contribution in [3.63, 3.8) is 0 Å². The van der Waals surface area contributed by atoms with E-state index in [1.807, 2.05) is 19.1 Å². The summed E-state index contributed by atoms with van der Waals surface area (Å²) in [6, 6.07) is 12.7. The summed E-state index contributed by atoms with van der Waals surface area (Å²) in [6.45, 7) is 3.59. The van der Waals surface area contributed by atoms with Crippen molar-refractivity contribution in [2.24, 2.45) is 5.73 Å². The molecule has 0 spiro atoms. The van der Waals surface area contributed by atoms with Gasteiger partial charge >= 0.3 is 0 Å². The maximum absolute atomic E-state index is 6.25. The van der Waals surface area contributed by atoms with Crippen molar-refractivity contribution in [1.29, 1.82) is 0 Å². The fraction of sp³-hybridized carbons (Fsp3) is 0.333. The molecule has 3 N–H and O–H groups in total. The third kappa shape index (κ3) is 3.03. The summed E-state index contributed by atoms with van der Waals surface area (Å²) in [4.78, 5) is 0.